The van der Waals surface area contributed by atoms with Crippen LogP contribution in [0.2, 0.25) is 5.02 Å². The van der Waals surface area contributed by atoms with Gasteiger partial charge in [-0.1, -0.05) is 29.8 Å². The largest absolute Gasteiger partial charge is 0.455 e. The van der Waals surface area contributed by atoms with Crippen LogP contribution in [0.3, 0.4) is 0 Å². The molecule has 0 aliphatic heterocycles. The number of esters is 1. The predicted octanol–water partition coefficient (Wildman–Crippen LogP) is 3.69. The molecule has 0 saturated carbocycles. The minimum absolute atomic E-state index is 0.0751. The summed E-state index contributed by atoms with van der Waals surface area (Å²) in [5.41, 5.74) is 2.63. The molecular weight excluding hydrogens is 412 g/mol. The number of nitrogens with one attached hydrogen (secondary N) is 1. The molecule has 154 valence electrons. The molecule has 0 bridgehead atoms. The lowest BCUT2D eigenvalue weighted by molar-refractivity contribution is -0.149. The summed E-state index contributed by atoms with van der Waals surface area (Å²) in [5.74, 6) is -1.20. The molecule has 0 heterocycles. The first-order chi connectivity index (χ1) is 13.8. The van der Waals surface area contributed by atoms with Gasteiger partial charge in [-0.25, -0.2) is 0 Å². The van der Waals surface area contributed by atoms with Crippen molar-refractivity contribution in [1.29, 1.82) is 0 Å². The Kier molecular flexibility index (Phi) is 8.54. The van der Waals surface area contributed by atoms with E-state index in [4.69, 9.17) is 16.3 Å². The van der Waals surface area contributed by atoms with E-state index in [9.17, 15) is 14.4 Å². The Labute approximate surface area is 179 Å². The number of aryl methyl sites for hydroxylation is 2. The highest BCUT2D eigenvalue weighted by molar-refractivity contribution is 8.00. The Morgan fingerprint density at radius 1 is 1.07 bits per heavy atom. The Morgan fingerprint density at radius 2 is 1.69 bits per heavy atom. The SMILES string of the molecule is Cc1cccc(C)c1NC(=O)CN(C)C(=O)COC(=O)CSc1ccc(Cl)cc1. The second-order valence-electron chi connectivity index (χ2n) is 6.47. The number of hydrogen-bond acceptors (Lipinski definition) is 5. The molecule has 0 aromatic heterocycles. The molecule has 0 saturated heterocycles. The standard InChI is InChI=1S/C21H23ClN2O4S/c1-14-5-4-6-15(2)21(14)23-18(25)11-24(3)19(26)12-28-20(27)13-29-17-9-7-16(22)8-10-17/h4-10H,11-13H2,1-3H3,(H,23,25). The van der Waals surface area contributed by atoms with E-state index in [1.165, 1.54) is 23.7 Å². The summed E-state index contributed by atoms with van der Waals surface area (Å²) in [6.07, 6.45) is 0. The fraction of sp³-hybridized carbons (Fsp3) is 0.286. The van der Waals surface area contributed by atoms with Crippen molar-refractivity contribution in [2.45, 2.75) is 18.7 Å². The third kappa shape index (κ3) is 7.44. The van der Waals surface area contributed by atoms with Gasteiger partial charge in [0.05, 0.1) is 12.3 Å². The lowest BCUT2D eigenvalue weighted by atomic mass is 10.1. The number of nitrogens with zero attached hydrogens (tertiary/aromatic N) is 1. The summed E-state index contributed by atoms with van der Waals surface area (Å²) >= 11 is 7.10. The normalized spacial score (nSPS) is 10.3. The third-order valence-electron chi connectivity index (χ3n) is 4.08. The molecule has 8 heteroatoms. The van der Waals surface area contributed by atoms with E-state index in [0.29, 0.717) is 5.02 Å². The van der Waals surface area contributed by atoms with Crippen molar-refractivity contribution in [3.8, 4) is 0 Å². The first-order valence-electron chi connectivity index (χ1n) is 8.90. The van der Waals surface area contributed by atoms with Crippen LogP contribution >= 0.6 is 23.4 Å². The molecule has 2 aromatic rings. The fourth-order valence-corrected chi connectivity index (χ4v) is 3.28. The summed E-state index contributed by atoms with van der Waals surface area (Å²) in [6, 6.07) is 12.8. The Morgan fingerprint density at radius 3 is 2.31 bits per heavy atom. The molecule has 2 amide bonds. The number of ether oxygens (including phenoxy) is 1. The molecule has 0 radical (unpaired) electrons. The van der Waals surface area contributed by atoms with Gasteiger partial charge < -0.3 is 15.0 Å². The topological polar surface area (TPSA) is 75.7 Å². The van der Waals surface area contributed by atoms with Gasteiger partial charge in [-0.05, 0) is 49.2 Å². The number of amides is 2. The van der Waals surface area contributed by atoms with Gasteiger partial charge >= 0.3 is 5.97 Å². The van der Waals surface area contributed by atoms with Crippen molar-refractivity contribution in [3.63, 3.8) is 0 Å². The summed E-state index contributed by atoms with van der Waals surface area (Å²) in [5, 5.41) is 3.44. The van der Waals surface area contributed by atoms with E-state index in [0.717, 1.165) is 21.7 Å². The van der Waals surface area contributed by atoms with Crippen LogP contribution in [0.5, 0.6) is 0 Å². The van der Waals surface area contributed by atoms with Gasteiger partial charge in [0, 0.05) is 22.7 Å². The quantitative estimate of drug-likeness (QED) is 0.506. The first kappa shape index (κ1) is 22.8. The maximum Gasteiger partial charge on any atom is 0.316 e. The molecule has 29 heavy (non-hydrogen) atoms. The van der Waals surface area contributed by atoms with E-state index < -0.39 is 18.5 Å². The summed E-state index contributed by atoms with van der Waals surface area (Å²) < 4.78 is 5.00. The second-order valence-corrected chi connectivity index (χ2v) is 7.95. The molecule has 2 aromatic carbocycles. The Bertz CT molecular complexity index is 866. The highest BCUT2D eigenvalue weighted by Gasteiger charge is 2.16. The summed E-state index contributed by atoms with van der Waals surface area (Å²) in [7, 11) is 1.49. The van der Waals surface area contributed by atoms with Gasteiger partial charge in [0.15, 0.2) is 6.61 Å². The molecular formula is C21H23ClN2O4S. The smallest absolute Gasteiger partial charge is 0.316 e. The molecule has 2 rings (SSSR count). The van der Waals surface area contributed by atoms with E-state index >= 15 is 0 Å². The number of rotatable bonds is 8. The average Bonchev–Trinajstić information content (AvgIpc) is 2.68. The lowest BCUT2D eigenvalue weighted by Crippen LogP contribution is -2.37. The van der Waals surface area contributed by atoms with Gasteiger partial charge in [0.2, 0.25) is 5.91 Å². The van der Waals surface area contributed by atoms with Crippen LogP contribution < -0.4 is 5.32 Å². The number of anilines is 1. The minimum atomic E-state index is -0.508. The van der Waals surface area contributed by atoms with E-state index in [-0.39, 0.29) is 18.2 Å². The maximum absolute atomic E-state index is 12.2. The number of para-hydroxylation sites is 1. The molecule has 6 nitrogen and oxygen atoms in total. The third-order valence-corrected chi connectivity index (χ3v) is 5.32. The van der Waals surface area contributed by atoms with Crippen LogP contribution in [-0.2, 0) is 19.1 Å². The zero-order valence-electron chi connectivity index (χ0n) is 16.5. The van der Waals surface area contributed by atoms with Gasteiger partial charge in [0.1, 0.15) is 0 Å². The Balaban J connectivity index is 1.74. The van der Waals surface area contributed by atoms with Gasteiger partial charge in [-0.15, -0.1) is 11.8 Å². The second kappa shape index (κ2) is 10.9. The molecule has 0 unspecified atom stereocenters. The predicted molar refractivity (Wildman–Crippen MR) is 115 cm³/mol. The van der Waals surface area contributed by atoms with Crippen molar-refractivity contribution in [2.75, 3.05) is 31.3 Å². The molecule has 0 atom stereocenters. The minimum Gasteiger partial charge on any atom is -0.455 e. The Hall–Kier alpha value is -2.51. The highest BCUT2D eigenvalue weighted by atomic mass is 35.5. The average molecular weight is 435 g/mol. The van der Waals surface area contributed by atoms with Crippen molar-refractivity contribution < 1.29 is 19.1 Å². The maximum atomic E-state index is 12.2. The van der Waals surface area contributed by atoms with Gasteiger partial charge in [0.25, 0.3) is 5.91 Å². The number of benzene rings is 2. The molecule has 0 aliphatic rings. The van der Waals surface area contributed by atoms with Crippen LogP contribution in [0.25, 0.3) is 0 Å². The zero-order valence-corrected chi connectivity index (χ0v) is 18.1. The molecule has 0 spiro atoms. The number of likely N-dealkylation sites (N-methyl/N-ethyl adjacent to an activating group) is 1. The lowest BCUT2D eigenvalue weighted by Gasteiger charge is -2.18. The van der Waals surface area contributed by atoms with E-state index in [1.807, 2.05) is 32.0 Å². The fourth-order valence-electron chi connectivity index (χ4n) is 2.46. The monoisotopic (exact) mass is 434 g/mol. The molecule has 0 fully saturated rings. The van der Waals surface area contributed by atoms with Crippen molar-refractivity contribution >= 4 is 46.8 Å². The van der Waals surface area contributed by atoms with Crippen LogP contribution in [0.15, 0.2) is 47.4 Å². The summed E-state index contributed by atoms with van der Waals surface area (Å²) in [6.45, 7) is 3.26. The van der Waals surface area contributed by atoms with Crippen molar-refractivity contribution in [3.05, 3.63) is 58.6 Å². The summed E-state index contributed by atoms with van der Waals surface area (Å²) in [4.78, 5) is 38.3. The first-order valence-corrected chi connectivity index (χ1v) is 10.3. The van der Waals surface area contributed by atoms with Gasteiger partial charge in [-0.2, -0.15) is 0 Å². The highest BCUT2D eigenvalue weighted by Crippen LogP contribution is 2.20. The van der Waals surface area contributed by atoms with Crippen molar-refractivity contribution in [2.24, 2.45) is 0 Å². The van der Waals surface area contributed by atoms with Crippen molar-refractivity contribution in [1.82, 2.24) is 4.90 Å². The number of carbonyl (C=O) groups is 3. The van der Waals surface area contributed by atoms with E-state index in [1.54, 1.807) is 24.3 Å². The molecule has 1 N–H and O–H groups in total. The zero-order chi connectivity index (χ0) is 21.4. The number of carbonyl (C=O) groups excluding carboxylic acids is 3. The van der Waals surface area contributed by atoms with Gasteiger partial charge in [-0.3, -0.25) is 14.4 Å². The molecule has 0 aliphatic carbocycles. The van der Waals surface area contributed by atoms with Crippen LogP contribution in [0.4, 0.5) is 5.69 Å². The van der Waals surface area contributed by atoms with E-state index in [2.05, 4.69) is 5.32 Å². The number of thioether (sulfide) groups is 1. The van der Waals surface area contributed by atoms with Crippen LogP contribution in [0, 0.1) is 13.8 Å². The number of halogens is 1. The van der Waals surface area contributed by atoms with Crippen LogP contribution in [-0.4, -0.2) is 48.6 Å². The van der Waals surface area contributed by atoms with Crippen LogP contribution in [0.1, 0.15) is 11.1 Å². The number of hydrogen-bond donors (Lipinski definition) is 1.